The highest BCUT2D eigenvalue weighted by molar-refractivity contribution is 5.35. The van der Waals surface area contributed by atoms with E-state index in [0.29, 0.717) is 5.92 Å². The van der Waals surface area contributed by atoms with Gasteiger partial charge in [0.2, 0.25) is 0 Å². The first-order valence-corrected chi connectivity index (χ1v) is 6.52. The van der Waals surface area contributed by atoms with E-state index in [1.165, 1.54) is 48.8 Å². The number of benzene rings is 1. The molecular formula is C15H23N. The lowest BCUT2D eigenvalue weighted by atomic mass is 9.80. The molecule has 1 fully saturated rings. The van der Waals surface area contributed by atoms with Gasteiger partial charge in [0.05, 0.1) is 0 Å². The second-order valence-corrected chi connectivity index (χ2v) is 5.21. The van der Waals surface area contributed by atoms with Crippen LogP contribution in [0.25, 0.3) is 0 Å². The summed E-state index contributed by atoms with van der Waals surface area (Å²) in [6, 6.07) is 6.77. The fourth-order valence-electron chi connectivity index (χ4n) is 2.88. The molecule has 1 nitrogen and oxygen atoms in total. The van der Waals surface area contributed by atoms with Gasteiger partial charge in [-0.1, -0.05) is 37.5 Å². The molecule has 0 radical (unpaired) electrons. The lowest BCUT2D eigenvalue weighted by Crippen LogP contribution is -2.24. The first-order chi connectivity index (χ1) is 7.70. The van der Waals surface area contributed by atoms with Gasteiger partial charge in [-0.3, -0.25) is 0 Å². The Kier molecular flexibility index (Phi) is 3.65. The van der Waals surface area contributed by atoms with Gasteiger partial charge in [-0.25, -0.2) is 0 Å². The van der Waals surface area contributed by atoms with Gasteiger partial charge >= 0.3 is 0 Å². The predicted octanol–water partition coefficient (Wildman–Crippen LogP) is 3.88. The van der Waals surface area contributed by atoms with Crippen molar-refractivity contribution >= 4 is 0 Å². The molecule has 1 aromatic carbocycles. The molecule has 0 saturated heterocycles. The topological polar surface area (TPSA) is 26.0 Å². The minimum absolute atomic E-state index is 0.250. The van der Waals surface area contributed by atoms with Crippen molar-refractivity contribution < 1.29 is 0 Å². The van der Waals surface area contributed by atoms with Gasteiger partial charge in [0.25, 0.3) is 0 Å². The second kappa shape index (κ2) is 5.01. The largest absolute Gasteiger partial charge is 0.324 e. The Morgan fingerprint density at radius 3 is 2.50 bits per heavy atom. The van der Waals surface area contributed by atoms with Crippen molar-refractivity contribution in [3.05, 3.63) is 34.9 Å². The van der Waals surface area contributed by atoms with Crippen LogP contribution < -0.4 is 5.73 Å². The molecule has 0 unspecified atom stereocenters. The lowest BCUT2D eigenvalue weighted by molar-refractivity contribution is 0.307. The summed E-state index contributed by atoms with van der Waals surface area (Å²) in [5, 5.41) is 0. The molecule has 2 rings (SSSR count). The minimum Gasteiger partial charge on any atom is -0.324 e. The maximum Gasteiger partial charge on any atom is 0.0326 e. The first kappa shape index (κ1) is 11.7. The average molecular weight is 217 g/mol. The zero-order chi connectivity index (χ0) is 11.5. The molecule has 1 aromatic rings. The number of rotatable bonds is 2. The molecular weight excluding hydrogens is 194 g/mol. The summed E-state index contributed by atoms with van der Waals surface area (Å²) in [5.74, 6) is 0.703. The highest BCUT2D eigenvalue weighted by Crippen LogP contribution is 2.34. The summed E-state index contributed by atoms with van der Waals surface area (Å²) in [6.45, 7) is 4.37. The minimum atomic E-state index is 0.250. The van der Waals surface area contributed by atoms with Crippen LogP contribution in [0.1, 0.15) is 54.8 Å². The van der Waals surface area contributed by atoms with Crippen LogP contribution in [0.3, 0.4) is 0 Å². The Morgan fingerprint density at radius 1 is 1.12 bits per heavy atom. The molecule has 1 aliphatic carbocycles. The van der Waals surface area contributed by atoms with E-state index in [9.17, 15) is 0 Å². The maximum atomic E-state index is 6.44. The number of hydrogen-bond donors (Lipinski definition) is 1. The fourth-order valence-corrected chi connectivity index (χ4v) is 2.88. The van der Waals surface area contributed by atoms with Crippen LogP contribution in [0.5, 0.6) is 0 Å². The predicted molar refractivity (Wildman–Crippen MR) is 69.4 cm³/mol. The van der Waals surface area contributed by atoms with Crippen molar-refractivity contribution in [2.45, 2.75) is 52.0 Å². The summed E-state index contributed by atoms with van der Waals surface area (Å²) in [4.78, 5) is 0. The Hall–Kier alpha value is -0.820. The number of nitrogens with two attached hydrogens (primary N) is 1. The maximum absolute atomic E-state index is 6.44. The molecule has 1 atom stereocenters. The van der Waals surface area contributed by atoms with Crippen molar-refractivity contribution in [1.29, 1.82) is 0 Å². The summed E-state index contributed by atoms with van der Waals surface area (Å²) in [5.41, 5.74) is 10.6. The van der Waals surface area contributed by atoms with E-state index >= 15 is 0 Å². The Labute approximate surface area is 99.0 Å². The van der Waals surface area contributed by atoms with Gasteiger partial charge in [-0.2, -0.15) is 0 Å². The van der Waals surface area contributed by atoms with Crippen molar-refractivity contribution in [3.8, 4) is 0 Å². The number of aryl methyl sites for hydroxylation is 1. The molecule has 88 valence electrons. The molecule has 0 aliphatic heterocycles. The smallest absolute Gasteiger partial charge is 0.0326 e. The fraction of sp³-hybridized carbons (Fsp3) is 0.600. The zero-order valence-corrected chi connectivity index (χ0v) is 10.5. The third-order valence-corrected chi connectivity index (χ3v) is 4.16. The van der Waals surface area contributed by atoms with E-state index in [2.05, 4.69) is 32.0 Å². The van der Waals surface area contributed by atoms with E-state index < -0.39 is 0 Å². The van der Waals surface area contributed by atoms with E-state index in [0.717, 1.165) is 0 Å². The Bertz CT molecular complexity index is 350. The molecule has 0 amide bonds. The van der Waals surface area contributed by atoms with Gasteiger partial charge in [0.15, 0.2) is 0 Å². The molecule has 2 N–H and O–H groups in total. The highest BCUT2D eigenvalue weighted by Gasteiger charge is 2.22. The summed E-state index contributed by atoms with van der Waals surface area (Å²) < 4.78 is 0. The molecule has 0 heterocycles. The van der Waals surface area contributed by atoms with Crippen molar-refractivity contribution in [1.82, 2.24) is 0 Å². The molecule has 1 aliphatic rings. The Balaban J connectivity index is 2.19. The standard InChI is InChI=1S/C15H23N/c1-11-7-6-10-14(12(11)2)15(16)13-8-4-3-5-9-13/h6-7,10,13,15H,3-5,8-9,16H2,1-2H3/t15-/m0/s1. The van der Waals surface area contributed by atoms with Gasteiger partial charge in [-0.15, -0.1) is 0 Å². The van der Waals surface area contributed by atoms with Gasteiger partial charge in [0, 0.05) is 6.04 Å². The lowest BCUT2D eigenvalue weighted by Gasteiger charge is -2.29. The van der Waals surface area contributed by atoms with Crippen molar-refractivity contribution in [2.24, 2.45) is 11.7 Å². The van der Waals surface area contributed by atoms with Gasteiger partial charge in [0.1, 0.15) is 0 Å². The molecule has 1 saturated carbocycles. The van der Waals surface area contributed by atoms with E-state index in [-0.39, 0.29) is 6.04 Å². The third kappa shape index (κ3) is 2.30. The Morgan fingerprint density at radius 2 is 1.81 bits per heavy atom. The zero-order valence-electron chi connectivity index (χ0n) is 10.5. The highest BCUT2D eigenvalue weighted by atomic mass is 14.7. The molecule has 0 bridgehead atoms. The second-order valence-electron chi connectivity index (χ2n) is 5.21. The van der Waals surface area contributed by atoms with Crippen molar-refractivity contribution in [2.75, 3.05) is 0 Å². The summed E-state index contributed by atoms with van der Waals surface area (Å²) in [7, 11) is 0. The van der Waals surface area contributed by atoms with E-state index in [1.54, 1.807) is 0 Å². The van der Waals surface area contributed by atoms with Crippen LogP contribution in [0.2, 0.25) is 0 Å². The van der Waals surface area contributed by atoms with E-state index in [4.69, 9.17) is 5.73 Å². The normalized spacial score (nSPS) is 19.7. The van der Waals surface area contributed by atoms with Crippen LogP contribution in [-0.4, -0.2) is 0 Å². The monoisotopic (exact) mass is 217 g/mol. The van der Waals surface area contributed by atoms with Gasteiger partial charge in [-0.05, 0) is 49.3 Å². The van der Waals surface area contributed by atoms with Crippen LogP contribution in [-0.2, 0) is 0 Å². The number of hydrogen-bond acceptors (Lipinski definition) is 1. The van der Waals surface area contributed by atoms with Crippen LogP contribution in [0.15, 0.2) is 18.2 Å². The van der Waals surface area contributed by atoms with Crippen LogP contribution >= 0.6 is 0 Å². The average Bonchev–Trinajstić information content (AvgIpc) is 2.33. The summed E-state index contributed by atoms with van der Waals surface area (Å²) in [6.07, 6.45) is 6.76. The quantitative estimate of drug-likeness (QED) is 0.799. The molecule has 16 heavy (non-hydrogen) atoms. The van der Waals surface area contributed by atoms with Gasteiger partial charge < -0.3 is 5.73 Å². The van der Waals surface area contributed by atoms with E-state index in [1.807, 2.05) is 0 Å². The van der Waals surface area contributed by atoms with Crippen molar-refractivity contribution in [3.63, 3.8) is 0 Å². The van der Waals surface area contributed by atoms with Crippen LogP contribution in [0.4, 0.5) is 0 Å². The van der Waals surface area contributed by atoms with Crippen LogP contribution in [0, 0.1) is 19.8 Å². The SMILES string of the molecule is Cc1cccc([C@@H](N)C2CCCCC2)c1C. The molecule has 0 aromatic heterocycles. The molecule has 0 spiro atoms. The first-order valence-electron chi connectivity index (χ1n) is 6.52. The summed E-state index contributed by atoms with van der Waals surface area (Å²) >= 11 is 0. The third-order valence-electron chi connectivity index (χ3n) is 4.16. The molecule has 1 heteroatoms.